The van der Waals surface area contributed by atoms with Gasteiger partial charge < -0.3 is 5.11 Å². The first kappa shape index (κ1) is 21.4. The number of non-ortho nitro benzene ring substituents is 1. The van der Waals surface area contributed by atoms with Crippen LogP contribution in [0.3, 0.4) is 0 Å². The van der Waals surface area contributed by atoms with E-state index >= 15 is 0 Å². The number of nitrogens with zero attached hydrogens (tertiary/aromatic N) is 5. The van der Waals surface area contributed by atoms with Crippen molar-refractivity contribution in [2.75, 3.05) is 5.01 Å². The number of para-hydroxylation sites is 1. The van der Waals surface area contributed by atoms with E-state index < -0.39 is 40.1 Å². The van der Waals surface area contributed by atoms with E-state index in [-0.39, 0.29) is 16.5 Å². The zero-order chi connectivity index (χ0) is 23.2. The number of aromatic nitrogens is 1. The SMILES string of the molecule is CC(=Nc1cc([N+](=O)[O-])ccc1O)C1C(=O)N(c2nc3ccccc3s2)N=C1C(F)(F)F. The molecule has 1 N–H and O–H groups in total. The van der Waals surface area contributed by atoms with E-state index in [0.717, 1.165) is 36.5 Å². The number of alkyl halides is 3. The smallest absolute Gasteiger partial charge is 0.432 e. The molecule has 1 aliphatic heterocycles. The maximum atomic E-state index is 13.7. The molecule has 0 bridgehead atoms. The van der Waals surface area contributed by atoms with Gasteiger partial charge in [-0.1, -0.05) is 23.5 Å². The van der Waals surface area contributed by atoms with Gasteiger partial charge in [0.2, 0.25) is 5.13 Å². The molecule has 1 aliphatic rings. The molecule has 1 amide bonds. The number of nitro groups is 1. The summed E-state index contributed by atoms with van der Waals surface area (Å²) in [6.45, 7) is 1.16. The molecule has 2 aromatic carbocycles. The number of nitro benzene ring substituents is 1. The van der Waals surface area contributed by atoms with Gasteiger partial charge in [-0.3, -0.25) is 19.9 Å². The van der Waals surface area contributed by atoms with E-state index in [1.165, 1.54) is 0 Å². The largest absolute Gasteiger partial charge is 0.506 e. The van der Waals surface area contributed by atoms with Crippen LogP contribution in [0, 0.1) is 16.0 Å². The number of fused-ring (bicyclic) bond motifs is 1. The van der Waals surface area contributed by atoms with Gasteiger partial charge in [0.25, 0.3) is 11.6 Å². The highest BCUT2D eigenvalue weighted by molar-refractivity contribution is 7.22. The number of anilines is 1. The lowest BCUT2D eigenvalue weighted by Gasteiger charge is -2.14. The summed E-state index contributed by atoms with van der Waals surface area (Å²) in [6, 6.07) is 9.70. The fourth-order valence-corrected chi connectivity index (χ4v) is 4.03. The molecular formula is C19H12F3N5O4S. The average Bonchev–Trinajstić information content (AvgIpc) is 3.30. The first-order valence-electron chi connectivity index (χ1n) is 8.94. The van der Waals surface area contributed by atoms with Crippen molar-refractivity contribution in [3.05, 3.63) is 52.6 Å². The number of carbonyl (C=O) groups excluding carboxylic acids is 1. The summed E-state index contributed by atoms with van der Waals surface area (Å²) >= 11 is 1.00. The maximum Gasteiger partial charge on any atom is 0.432 e. The van der Waals surface area contributed by atoms with Crippen molar-refractivity contribution in [2.24, 2.45) is 16.0 Å². The fourth-order valence-electron chi connectivity index (χ4n) is 3.11. The molecule has 1 aromatic heterocycles. The molecule has 164 valence electrons. The molecule has 0 saturated carbocycles. The Morgan fingerprint density at radius 2 is 2.00 bits per heavy atom. The number of thiazole rings is 1. The monoisotopic (exact) mass is 463 g/mol. The molecular weight excluding hydrogens is 451 g/mol. The second-order valence-corrected chi connectivity index (χ2v) is 7.72. The summed E-state index contributed by atoms with van der Waals surface area (Å²) in [5.74, 6) is -3.42. The van der Waals surface area contributed by atoms with E-state index in [1.54, 1.807) is 24.3 Å². The molecule has 13 heteroatoms. The number of phenols is 1. The van der Waals surface area contributed by atoms with Gasteiger partial charge in [0.15, 0.2) is 5.71 Å². The first-order chi connectivity index (χ1) is 15.1. The van der Waals surface area contributed by atoms with Gasteiger partial charge in [0, 0.05) is 17.8 Å². The molecule has 3 aromatic rings. The molecule has 0 aliphatic carbocycles. The van der Waals surface area contributed by atoms with Gasteiger partial charge in [-0.2, -0.15) is 23.3 Å². The number of phenolic OH excluding ortho intramolecular Hbond substituents is 1. The van der Waals surface area contributed by atoms with E-state index in [2.05, 4.69) is 15.1 Å². The van der Waals surface area contributed by atoms with Crippen molar-refractivity contribution >= 4 is 55.4 Å². The number of hydrogen-bond donors (Lipinski definition) is 1. The van der Waals surface area contributed by atoms with Crippen LogP contribution in [0.5, 0.6) is 5.75 Å². The summed E-state index contributed by atoms with van der Waals surface area (Å²) < 4.78 is 41.8. The minimum atomic E-state index is -4.95. The molecule has 1 unspecified atom stereocenters. The van der Waals surface area contributed by atoms with Crippen LogP contribution in [0.4, 0.5) is 29.7 Å². The highest BCUT2D eigenvalue weighted by Gasteiger charge is 2.52. The molecule has 0 saturated heterocycles. The predicted molar refractivity (Wildman–Crippen MR) is 112 cm³/mol. The van der Waals surface area contributed by atoms with Crippen molar-refractivity contribution in [1.82, 2.24) is 4.98 Å². The van der Waals surface area contributed by atoms with E-state index in [0.29, 0.717) is 15.2 Å². The number of hydrogen-bond acceptors (Lipinski definition) is 8. The van der Waals surface area contributed by atoms with Crippen LogP contribution in [0.25, 0.3) is 10.2 Å². The van der Waals surface area contributed by atoms with Crippen molar-refractivity contribution in [1.29, 1.82) is 0 Å². The molecule has 0 spiro atoms. The third kappa shape index (κ3) is 3.77. The Bertz CT molecular complexity index is 1280. The summed E-state index contributed by atoms with van der Waals surface area (Å²) in [6.07, 6.45) is -4.95. The van der Waals surface area contributed by atoms with E-state index in [9.17, 15) is 33.2 Å². The number of carbonyl (C=O) groups is 1. The third-order valence-electron chi connectivity index (χ3n) is 4.58. The number of amides is 1. The van der Waals surface area contributed by atoms with Gasteiger partial charge in [-0.05, 0) is 25.1 Å². The van der Waals surface area contributed by atoms with Crippen LogP contribution in [0.1, 0.15) is 6.92 Å². The Labute approximate surface area is 181 Å². The van der Waals surface area contributed by atoms with Crippen molar-refractivity contribution < 1.29 is 28.0 Å². The van der Waals surface area contributed by atoms with Crippen LogP contribution in [-0.2, 0) is 4.79 Å². The molecule has 0 fully saturated rings. The number of benzene rings is 2. The molecule has 2 heterocycles. The van der Waals surface area contributed by atoms with Gasteiger partial charge >= 0.3 is 6.18 Å². The zero-order valence-electron chi connectivity index (χ0n) is 16.1. The van der Waals surface area contributed by atoms with Gasteiger partial charge in [0.05, 0.1) is 15.1 Å². The van der Waals surface area contributed by atoms with Gasteiger partial charge in [0.1, 0.15) is 17.4 Å². The standard InChI is InChI=1S/C19H12F3N5O4S/c1-9(23-12-8-10(27(30)31)6-7-13(12)28)15-16(19(20,21)22)25-26(17(15)29)18-24-11-4-2-3-5-14(11)32-18/h2-8,15,28H,1H3. The maximum absolute atomic E-state index is 13.7. The van der Waals surface area contributed by atoms with Crippen LogP contribution in [0.2, 0.25) is 0 Å². The van der Waals surface area contributed by atoms with E-state index in [1.807, 2.05) is 0 Å². The van der Waals surface area contributed by atoms with Gasteiger partial charge in [-0.25, -0.2) is 4.98 Å². The average molecular weight is 463 g/mol. The van der Waals surface area contributed by atoms with Crippen LogP contribution in [0.15, 0.2) is 52.6 Å². The van der Waals surface area contributed by atoms with Crippen LogP contribution < -0.4 is 5.01 Å². The van der Waals surface area contributed by atoms with Gasteiger partial charge in [-0.15, -0.1) is 0 Å². The number of hydrazone groups is 1. The highest BCUT2D eigenvalue weighted by atomic mass is 32.1. The summed E-state index contributed by atoms with van der Waals surface area (Å²) in [5.41, 5.74) is -2.00. The van der Waals surface area contributed by atoms with Crippen LogP contribution in [-0.4, -0.2) is 38.5 Å². The number of aromatic hydroxyl groups is 1. The Balaban J connectivity index is 1.77. The Hall–Kier alpha value is -3.87. The summed E-state index contributed by atoms with van der Waals surface area (Å²) in [4.78, 5) is 31.2. The number of rotatable bonds is 4. The molecule has 32 heavy (non-hydrogen) atoms. The highest BCUT2D eigenvalue weighted by Crippen LogP contribution is 2.37. The lowest BCUT2D eigenvalue weighted by atomic mass is 9.97. The van der Waals surface area contributed by atoms with Crippen molar-refractivity contribution in [3.63, 3.8) is 0 Å². The zero-order valence-corrected chi connectivity index (χ0v) is 16.9. The predicted octanol–water partition coefficient (Wildman–Crippen LogP) is 4.58. The topological polar surface area (TPSA) is 121 Å². The van der Waals surface area contributed by atoms with Crippen molar-refractivity contribution in [3.8, 4) is 5.75 Å². The number of aliphatic imine (C=N–C) groups is 1. The summed E-state index contributed by atoms with van der Waals surface area (Å²) in [7, 11) is 0. The Morgan fingerprint density at radius 3 is 2.66 bits per heavy atom. The lowest BCUT2D eigenvalue weighted by Crippen LogP contribution is -2.37. The summed E-state index contributed by atoms with van der Waals surface area (Å²) in [5, 5.41) is 24.9. The Morgan fingerprint density at radius 1 is 1.28 bits per heavy atom. The minimum absolute atomic E-state index is 0.0357. The normalized spacial score (nSPS) is 17.2. The Kier molecular flexibility index (Phi) is 5.12. The first-order valence-corrected chi connectivity index (χ1v) is 9.75. The second kappa shape index (κ2) is 7.67. The lowest BCUT2D eigenvalue weighted by molar-refractivity contribution is -0.384. The fraction of sp³-hybridized carbons (Fsp3) is 0.158. The van der Waals surface area contributed by atoms with E-state index in [4.69, 9.17) is 0 Å². The molecule has 4 rings (SSSR count). The molecule has 9 nitrogen and oxygen atoms in total. The second-order valence-electron chi connectivity index (χ2n) is 6.71. The molecule has 1 atom stereocenters. The van der Waals surface area contributed by atoms with Crippen LogP contribution >= 0.6 is 11.3 Å². The third-order valence-corrected chi connectivity index (χ3v) is 5.59. The quantitative estimate of drug-likeness (QED) is 0.345. The molecule has 0 radical (unpaired) electrons. The van der Waals surface area contributed by atoms with Crippen molar-refractivity contribution in [2.45, 2.75) is 13.1 Å². The number of halogens is 3. The minimum Gasteiger partial charge on any atom is -0.506 e.